The highest BCUT2D eigenvalue weighted by atomic mass is 79.9. The molecule has 0 aliphatic carbocycles. The van der Waals surface area contributed by atoms with Crippen LogP contribution in [-0.2, 0) is 0 Å². The van der Waals surface area contributed by atoms with Gasteiger partial charge in [-0.25, -0.2) is 0 Å². The van der Waals surface area contributed by atoms with Crippen molar-refractivity contribution in [1.29, 1.82) is 10.5 Å². The molecule has 0 amide bonds. The van der Waals surface area contributed by atoms with E-state index in [0.717, 1.165) is 26.0 Å². The Bertz CT molecular complexity index is 938. The average Bonchev–Trinajstić information content (AvgIpc) is 2.65. The van der Waals surface area contributed by atoms with Crippen LogP contribution in [0.3, 0.4) is 0 Å². The maximum atomic E-state index is 9.10. The van der Waals surface area contributed by atoms with Crippen LogP contribution in [0.4, 0.5) is 17.1 Å². The summed E-state index contributed by atoms with van der Waals surface area (Å²) in [4.78, 5) is 2.07. The molecular weight excluding hydrogens is 442 g/mol. The predicted molar refractivity (Wildman–Crippen MR) is 106 cm³/mol. The molecule has 0 saturated carbocycles. The van der Waals surface area contributed by atoms with Crippen LogP contribution >= 0.6 is 31.9 Å². The summed E-state index contributed by atoms with van der Waals surface area (Å²) in [5.74, 6) is 0. The first-order chi connectivity index (χ1) is 12.1. The highest BCUT2D eigenvalue weighted by Gasteiger charge is 2.18. The van der Waals surface area contributed by atoms with Gasteiger partial charge in [-0.3, -0.25) is 0 Å². The molecule has 0 N–H and O–H groups in total. The topological polar surface area (TPSA) is 50.8 Å². The molecule has 3 aromatic carbocycles. The average molecular weight is 453 g/mol. The fourth-order valence-corrected chi connectivity index (χ4v) is 3.61. The van der Waals surface area contributed by atoms with Crippen LogP contribution in [0.1, 0.15) is 11.1 Å². The van der Waals surface area contributed by atoms with E-state index in [1.165, 1.54) is 0 Å². The molecule has 0 aliphatic heterocycles. The molecule has 120 valence electrons. The van der Waals surface area contributed by atoms with Crippen LogP contribution in [-0.4, -0.2) is 0 Å². The highest BCUT2D eigenvalue weighted by molar-refractivity contribution is 9.11. The summed E-state index contributed by atoms with van der Waals surface area (Å²) in [7, 11) is 0. The smallest absolute Gasteiger partial charge is 0.0992 e. The van der Waals surface area contributed by atoms with Crippen LogP contribution in [0, 0.1) is 22.7 Å². The van der Waals surface area contributed by atoms with E-state index < -0.39 is 0 Å². The molecule has 25 heavy (non-hydrogen) atoms. The standard InChI is InChI=1S/C20H11Br2N3/c21-17-10-14(12-23)6-8-19(17)25(16-4-2-1-3-5-16)20-9-7-15(13-24)11-18(20)22/h1-11H. The highest BCUT2D eigenvalue weighted by Crippen LogP contribution is 2.42. The van der Waals surface area contributed by atoms with Gasteiger partial charge >= 0.3 is 0 Å². The minimum atomic E-state index is 0.586. The Morgan fingerprint density at radius 3 is 1.56 bits per heavy atom. The van der Waals surface area contributed by atoms with Gasteiger partial charge in [-0.1, -0.05) is 18.2 Å². The van der Waals surface area contributed by atoms with Crippen molar-refractivity contribution in [3.05, 3.63) is 86.8 Å². The molecule has 3 nitrogen and oxygen atoms in total. The van der Waals surface area contributed by atoms with E-state index in [4.69, 9.17) is 10.5 Å². The molecule has 0 atom stereocenters. The minimum Gasteiger partial charge on any atom is -0.308 e. The molecule has 0 saturated heterocycles. The number of hydrogen-bond acceptors (Lipinski definition) is 3. The number of halogens is 2. The number of nitrogens with zero attached hydrogens (tertiary/aromatic N) is 3. The molecular formula is C20H11Br2N3. The predicted octanol–water partition coefficient (Wildman–Crippen LogP) is 6.42. The summed E-state index contributed by atoms with van der Waals surface area (Å²) in [6.07, 6.45) is 0. The normalized spacial score (nSPS) is 9.92. The van der Waals surface area contributed by atoms with Gasteiger partial charge in [0.15, 0.2) is 0 Å². The van der Waals surface area contributed by atoms with Crippen molar-refractivity contribution in [3.8, 4) is 12.1 Å². The lowest BCUT2D eigenvalue weighted by Crippen LogP contribution is -2.11. The Morgan fingerprint density at radius 1 is 0.680 bits per heavy atom. The molecule has 0 aromatic heterocycles. The quantitative estimate of drug-likeness (QED) is 0.460. The molecule has 0 fully saturated rings. The van der Waals surface area contributed by atoms with Crippen molar-refractivity contribution in [3.63, 3.8) is 0 Å². The van der Waals surface area contributed by atoms with Gasteiger partial charge in [-0.05, 0) is 80.4 Å². The number of benzene rings is 3. The van der Waals surface area contributed by atoms with Gasteiger partial charge in [-0.2, -0.15) is 10.5 Å². The fourth-order valence-electron chi connectivity index (χ4n) is 2.50. The summed E-state index contributed by atoms with van der Waals surface area (Å²) < 4.78 is 1.62. The van der Waals surface area contributed by atoms with Gasteiger partial charge in [0, 0.05) is 14.6 Å². The third kappa shape index (κ3) is 3.58. The lowest BCUT2D eigenvalue weighted by atomic mass is 10.1. The summed E-state index contributed by atoms with van der Waals surface area (Å²) >= 11 is 7.15. The molecule has 0 unspecified atom stereocenters. The first kappa shape index (κ1) is 17.2. The summed E-state index contributed by atoms with van der Waals surface area (Å²) in [6.45, 7) is 0. The van der Waals surface area contributed by atoms with E-state index in [2.05, 4.69) is 48.9 Å². The van der Waals surface area contributed by atoms with E-state index >= 15 is 0 Å². The van der Waals surface area contributed by atoms with Crippen molar-refractivity contribution in [1.82, 2.24) is 0 Å². The summed E-state index contributed by atoms with van der Waals surface area (Å²) in [5.41, 5.74) is 3.94. The van der Waals surface area contributed by atoms with Gasteiger partial charge in [0.05, 0.1) is 34.6 Å². The molecule has 0 bridgehead atoms. The Hall–Kier alpha value is -2.60. The van der Waals surface area contributed by atoms with Crippen molar-refractivity contribution >= 4 is 48.9 Å². The van der Waals surface area contributed by atoms with Crippen LogP contribution < -0.4 is 4.90 Å². The zero-order chi connectivity index (χ0) is 17.8. The fraction of sp³-hybridized carbons (Fsp3) is 0. The van der Waals surface area contributed by atoms with E-state index in [1.807, 2.05) is 42.5 Å². The van der Waals surface area contributed by atoms with Gasteiger partial charge in [0.25, 0.3) is 0 Å². The zero-order valence-corrected chi connectivity index (χ0v) is 16.1. The van der Waals surface area contributed by atoms with Gasteiger partial charge < -0.3 is 4.90 Å². The van der Waals surface area contributed by atoms with Gasteiger partial charge in [-0.15, -0.1) is 0 Å². The molecule has 0 spiro atoms. The lowest BCUT2D eigenvalue weighted by Gasteiger charge is -2.27. The number of rotatable bonds is 3. The molecule has 3 aromatic rings. The maximum Gasteiger partial charge on any atom is 0.0992 e. The Morgan fingerprint density at radius 2 is 1.16 bits per heavy atom. The Labute approximate surface area is 163 Å². The molecule has 3 rings (SSSR count). The minimum absolute atomic E-state index is 0.586. The third-order valence-corrected chi connectivity index (χ3v) is 4.92. The molecule has 0 heterocycles. The number of anilines is 3. The Kier molecular flexibility index (Phi) is 5.19. The molecule has 0 radical (unpaired) electrons. The second kappa shape index (κ2) is 7.53. The maximum absolute atomic E-state index is 9.10. The molecule has 5 heteroatoms. The SMILES string of the molecule is N#Cc1ccc(N(c2ccccc2)c2ccc(C#N)cc2Br)c(Br)c1. The van der Waals surface area contributed by atoms with Crippen LogP contribution in [0.25, 0.3) is 0 Å². The summed E-state index contributed by atoms with van der Waals surface area (Å²) in [5, 5.41) is 18.2. The van der Waals surface area contributed by atoms with Crippen molar-refractivity contribution in [2.75, 3.05) is 4.90 Å². The van der Waals surface area contributed by atoms with Crippen molar-refractivity contribution < 1.29 is 0 Å². The number of nitriles is 2. The second-order valence-electron chi connectivity index (χ2n) is 5.23. The van der Waals surface area contributed by atoms with E-state index in [-0.39, 0.29) is 0 Å². The first-order valence-corrected chi connectivity index (χ1v) is 8.97. The first-order valence-electron chi connectivity index (χ1n) is 7.38. The summed E-state index contributed by atoms with van der Waals surface area (Å²) in [6, 6.07) is 25.2. The van der Waals surface area contributed by atoms with Crippen LogP contribution in [0.2, 0.25) is 0 Å². The van der Waals surface area contributed by atoms with E-state index in [0.29, 0.717) is 11.1 Å². The van der Waals surface area contributed by atoms with E-state index in [9.17, 15) is 0 Å². The Balaban J connectivity index is 2.22. The van der Waals surface area contributed by atoms with E-state index in [1.54, 1.807) is 24.3 Å². The zero-order valence-electron chi connectivity index (χ0n) is 12.9. The van der Waals surface area contributed by atoms with Crippen molar-refractivity contribution in [2.24, 2.45) is 0 Å². The number of para-hydroxylation sites is 1. The monoisotopic (exact) mass is 451 g/mol. The van der Waals surface area contributed by atoms with Crippen LogP contribution in [0.15, 0.2) is 75.7 Å². The third-order valence-electron chi connectivity index (χ3n) is 3.65. The van der Waals surface area contributed by atoms with Crippen molar-refractivity contribution in [2.45, 2.75) is 0 Å². The van der Waals surface area contributed by atoms with Crippen LogP contribution in [0.5, 0.6) is 0 Å². The number of hydrogen-bond donors (Lipinski definition) is 0. The largest absolute Gasteiger partial charge is 0.308 e. The van der Waals surface area contributed by atoms with Gasteiger partial charge in [0.1, 0.15) is 0 Å². The second-order valence-corrected chi connectivity index (χ2v) is 6.94. The molecule has 0 aliphatic rings. The lowest BCUT2D eigenvalue weighted by molar-refractivity contribution is 1.26. The van der Waals surface area contributed by atoms with Gasteiger partial charge in [0.2, 0.25) is 0 Å².